The normalized spacial score (nSPS) is 10.6. The summed E-state index contributed by atoms with van der Waals surface area (Å²) in [5.41, 5.74) is 0. The first kappa shape index (κ1) is 13.4. The molecule has 0 saturated carbocycles. The molecule has 3 heteroatoms. The molecular weight excluding hydrogens is 180 g/mol. The van der Waals surface area contributed by atoms with Crippen molar-refractivity contribution >= 4 is 5.97 Å². The maximum atomic E-state index is 11.1. The van der Waals surface area contributed by atoms with Crippen LogP contribution in [0, 0.1) is 0 Å². The summed E-state index contributed by atoms with van der Waals surface area (Å²) in [6.07, 6.45) is 3.50. The number of rotatable bonds is 8. The van der Waals surface area contributed by atoms with Gasteiger partial charge < -0.3 is 9.47 Å². The van der Waals surface area contributed by atoms with Crippen LogP contribution < -0.4 is 0 Å². The van der Waals surface area contributed by atoms with Gasteiger partial charge in [-0.1, -0.05) is 6.42 Å². The lowest BCUT2D eigenvalue weighted by molar-refractivity contribution is -0.147. The van der Waals surface area contributed by atoms with Crippen molar-refractivity contribution in [2.24, 2.45) is 0 Å². The van der Waals surface area contributed by atoms with Gasteiger partial charge in [-0.3, -0.25) is 4.79 Å². The smallest absolute Gasteiger partial charge is 0.306 e. The second-order valence-corrected chi connectivity index (χ2v) is 3.55. The zero-order valence-corrected chi connectivity index (χ0v) is 9.54. The van der Waals surface area contributed by atoms with Gasteiger partial charge in [0.2, 0.25) is 0 Å². The summed E-state index contributed by atoms with van der Waals surface area (Å²) in [4.78, 5) is 11.1. The average Bonchev–Trinajstić information content (AvgIpc) is 2.10. The Bertz CT molecular complexity index is 143. The zero-order chi connectivity index (χ0) is 10.8. The first-order valence-electron chi connectivity index (χ1n) is 5.44. The first-order valence-corrected chi connectivity index (χ1v) is 5.44. The van der Waals surface area contributed by atoms with E-state index in [2.05, 4.69) is 0 Å². The highest BCUT2D eigenvalue weighted by molar-refractivity contribution is 5.69. The van der Waals surface area contributed by atoms with Crippen LogP contribution in [-0.2, 0) is 14.3 Å². The molecule has 0 aliphatic rings. The molecule has 0 atom stereocenters. The molecular formula is C11H22O3. The van der Waals surface area contributed by atoms with Crippen LogP contribution in [0.25, 0.3) is 0 Å². The fourth-order valence-corrected chi connectivity index (χ4v) is 1.12. The van der Waals surface area contributed by atoms with E-state index in [4.69, 9.17) is 9.47 Å². The van der Waals surface area contributed by atoms with Crippen molar-refractivity contribution in [3.05, 3.63) is 0 Å². The van der Waals surface area contributed by atoms with Gasteiger partial charge in [0.25, 0.3) is 0 Å². The van der Waals surface area contributed by atoms with E-state index in [1.807, 2.05) is 20.8 Å². The van der Waals surface area contributed by atoms with Gasteiger partial charge in [0, 0.05) is 19.6 Å². The van der Waals surface area contributed by atoms with Gasteiger partial charge in [-0.2, -0.15) is 0 Å². The van der Waals surface area contributed by atoms with E-state index < -0.39 is 0 Å². The van der Waals surface area contributed by atoms with Crippen molar-refractivity contribution in [1.29, 1.82) is 0 Å². The number of hydrogen-bond donors (Lipinski definition) is 0. The van der Waals surface area contributed by atoms with Crippen molar-refractivity contribution in [3.63, 3.8) is 0 Å². The lowest BCUT2D eigenvalue weighted by Crippen LogP contribution is -2.10. The highest BCUT2D eigenvalue weighted by Gasteiger charge is 2.04. The van der Waals surface area contributed by atoms with Gasteiger partial charge >= 0.3 is 5.97 Å². The molecule has 3 nitrogen and oxygen atoms in total. The number of hydrogen-bond acceptors (Lipinski definition) is 3. The Morgan fingerprint density at radius 1 is 1.21 bits per heavy atom. The van der Waals surface area contributed by atoms with Gasteiger partial charge in [-0.15, -0.1) is 0 Å². The number of ether oxygens (including phenoxy) is 2. The Morgan fingerprint density at radius 2 is 1.93 bits per heavy atom. The van der Waals surface area contributed by atoms with E-state index in [0.29, 0.717) is 6.42 Å². The predicted octanol–water partition coefficient (Wildman–Crippen LogP) is 2.53. The standard InChI is InChI=1S/C11H22O3/c1-4-13-9-7-5-6-8-11(12)14-10(2)3/h10H,4-9H2,1-3H3. The first-order chi connectivity index (χ1) is 6.66. The van der Waals surface area contributed by atoms with E-state index in [1.165, 1.54) is 0 Å². The minimum absolute atomic E-state index is 0.00549. The summed E-state index contributed by atoms with van der Waals surface area (Å²) in [5.74, 6) is -0.0867. The molecule has 14 heavy (non-hydrogen) atoms. The number of carbonyl (C=O) groups excluding carboxylic acids is 1. The SMILES string of the molecule is CCOCCCCCC(=O)OC(C)C. The zero-order valence-electron chi connectivity index (χ0n) is 9.54. The van der Waals surface area contributed by atoms with Gasteiger partial charge in [0.05, 0.1) is 6.10 Å². The van der Waals surface area contributed by atoms with Crippen molar-refractivity contribution in [1.82, 2.24) is 0 Å². The molecule has 0 saturated heterocycles. The van der Waals surface area contributed by atoms with Crippen LogP contribution in [0.5, 0.6) is 0 Å². The van der Waals surface area contributed by atoms with E-state index >= 15 is 0 Å². The van der Waals surface area contributed by atoms with Crippen molar-refractivity contribution in [2.45, 2.75) is 52.6 Å². The molecule has 0 N–H and O–H groups in total. The molecule has 0 heterocycles. The van der Waals surface area contributed by atoms with Gasteiger partial charge in [-0.25, -0.2) is 0 Å². The summed E-state index contributed by atoms with van der Waals surface area (Å²) in [5, 5.41) is 0. The molecule has 0 aliphatic heterocycles. The minimum atomic E-state index is -0.0867. The summed E-state index contributed by atoms with van der Waals surface area (Å²) < 4.78 is 10.2. The van der Waals surface area contributed by atoms with E-state index in [9.17, 15) is 4.79 Å². The molecule has 0 bridgehead atoms. The van der Waals surface area contributed by atoms with Crippen LogP contribution in [-0.4, -0.2) is 25.3 Å². The molecule has 84 valence electrons. The number of esters is 1. The van der Waals surface area contributed by atoms with Gasteiger partial charge in [-0.05, 0) is 33.6 Å². The topological polar surface area (TPSA) is 35.5 Å². The minimum Gasteiger partial charge on any atom is -0.463 e. The number of carbonyl (C=O) groups is 1. The molecule has 0 radical (unpaired) electrons. The Hall–Kier alpha value is -0.570. The second-order valence-electron chi connectivity index (χ2n) is 3.55. The maximum Gasteiger partial charge on any atom is 0.306 e. The van der Waals surface area contributed by atoms with Crippen LogP contribution in [0.1, 0.15) is 46.5 Å². The van der Waals surface area contributed by atoms with Crippen molar-refractivity contribution < 1.29 is 14.3 Å². The van der Waals surface area contributed by atoms with Crippen molar-refractivity contribution in [2.75, 3.05) is 13.2 Å². The highest BCUT2D eigenvalue weighted by atomic mass is 16.5. The molecule has 0 aromatic heterocycles. The number of unbranched alkanes of at least 4 members (excludes halogenated alkanes) is 2. The fourth-order valence-electron chi connectivity index (χ4n) is 1.12. The van der Waals surface area contributed by atoms with Gasteiger partial charge in [0.1, 0.15) is 0 Å². The summed E-state index contributed by atoms with van der Waals surface area (Å²) >= 11 is 0. The summed E-state index contributed by atoms with van der Waals surface area (Å²) in [6, 6.07) is 0. The molecule has 0 fully saturated rings. The third-order valence-electron chi connectivity index (χ3n) is 1.74. The fraction of sp³-hybridized carbons (Fsp3) is 0.909. The molecule has 0 aromatic rings. The van der Waals surface area contributed by atoms with Crippen LogP contribution in [0.2, 0.25) is 0 Å². The highest BCUT2D eigenvalue weighted by Crippen LogP contribution is 2.03. The molecule has 0 unspecified atom stereocenters. The molecule has 0 aliphatic carbocycles. The molecule has 0 spiro atoms. The largest absolute Gasteiger partial charge is 0.463 e. The quantitative estimate of drug-likeness (QED) is 0.448. The van der Waals surface area contributed by atoms with Crippen LogP contribution in [0.3, 0.4) is 0 Å². The Balaban J connectivity index is 3.15. The van der Waals surface area contributed by atoms with E-state index in [1.54, 1.807) is 0 Å². The average molecular weight is 202 g/mol. The Kier molecular flexibility index (Phi) is 8.64. The molecule has 0 rings (SSSR count). The van der Waals surface area contributed by atoms with E-state index in [0.717, 1.165) is 32.5 Å². The third kappa shape index (κ3) is 9.52. The second kappa shape index (κ2) is 9.00. The van der Waals surface area contributed by atoms with Crippen molar-refractivity contribution in [3.8, 4) is 0 Å². The molecule has 0 amide bonds. The predicted molar refractivity (Wildman–Crippen MR) is 56.2 cm³/mol. The monoisotopic (exact) mass is 202 g/mol. The maximum absolute atomic E-state index is 11.1. The molecule has 0 aromatic carbocycles. The summed E-state index contributed by atoms with van der Waals surface area (Å²) in [7, 11) is 0. The van der Waals surface area contributed by atoms with Gasteiger partial charge in [0.15, 0.2) is 0 Å². The Labute approximate surface area is 86.8 Å². The lowest BCUT2D eigenvalue weighted by atomic mass is 10.2. The Morgan fingerprint density at radius 3 is 2.50 bits per heavy atom. The van der Waals surface area contributed by atoms with Crippen LogP contribution in [0.15, 0.2) is 0 Å². The summed E-state index contributed by atoms with van der Waals surface area (Å²) in [6.45, 7) is 7.30. The lowest BCUT2D eigenvalue weighted by Gasteiger charge is -2.07. The van der Waals surface area contributed by atoms with E-state index in [-0.39, 0.29) is 12.1 Å². The third-order valence-corrected chi connectivity index (χ3v) is 1.74. The van der Waals surface area contributed by atoms with Crippen LogP contribution in [0.4, 0.5) is 0 Å². The van der Waals surface area contributed by atoms with Crippen LogP contribution >= 0.6 is 0 Å².